The fourth-order valence-corrected chi connectivity index (χ4v) is 2.83. The summed E-state index contributed by atoms with van der Waals surface area (Å²) in [6.45, 7) is 6.82. The minimum absolute atomic E-state index is 0.569. The molecule has 0 spiro atoms. The molecule has 1 N–H and O–H groups in total. The Labute approximate surface area is 106 Å². The fraction of sp³-hybridized carbons (Fsp3) is 0.538. The van der Waals surface area contributed by atoms with Gasteiger partial charge < -0.3 is 5.32 Å². The smallest absolute Gasteiger partial charge is 0.0346 e. The Morgan fingerprint density at radius 2 is 2.12 bits per heavy atom. The van der Waals surface area contributed by atoms with E-state index in [0.29, 0.717) is 6.04 Å². The summed E-state index contributed by atoms with van der Waals surface area (Å²) in [5, 5.41) is 3.41. The van der Waals surface area contributed by atoms with Crippen LogP contribution in [0.3, 0.4) is 0 Å². The van der Waals surface area contributed by atoms with Crippen molar-refractivity contribution >= 4 is 15.9 Å². The van der Waals surface area contributed by atoms with E-state index in [0.717, 1.165) is 26.2 Å². The van der Waals surface area contributed by atoms with E-state index in [9.17, 15) is 0 Å². The highest BCUT2D eigenvalue weighted by Gasteiger charge is 2.20. The molecule has 0 bridgehead atoms. The second-order valence-corrected chi connectivity index (χ2v) is 5.18. The standard InChI is InChI=1S/C13H19BrN2/c1-2-13(16-8-6-15-7-9-16)11-4-3-5-12(14)10-11/h3-5,10,13,15H,2,6-9H2,1H3. The van der Waals surface area contributed by atoms with E-state index < -0.39 is 0 Å². The number of piperazine rings is 1. The minimum Gasteiger partial charge on any atom is -0.314 e. The third-order valence-corrected chi connectivity index (χ3v) is 3.71. The first-order chi connectivity index (χ1) is 7.81. The molecule has 1 aromatic rings. The molecule has 1 aliphatic rings. The first-order valence-electron chi connectivity index (χ1n) is 6.01. The first-order valence-corrected chi connectivity index (χ1v) is 6.81. The summed E-state index contributed by atoms with van der Waals surface area (Å²) >= 11 is 3.55. The van der Waals surface area contributed by atoms with Crippen molar-refractivity contribution in [3.8, 4) is 0 Å². The lowest BCUT2D eigenvalue weighted by Gasteiger charge is -2.34. The minimum atomic E-state index is 0.569. The maximum Gasteiger partial charge on any atom is 0.0346 e. The Bertz CT molecular complexity index is 334. The highest BCUT2D eigenvalue weighted by molar-refractivity contribution is 9.10. The predicted octanol–water partition coefficient (Wildman–Crippen LogP) is 2.81. The first kappa shape index (κ1) is 12.1. The van der Waals surface area contributed by atoms with E-state index in [-0.39, 0.29) is 0 Å². The monoisotopic (exact) mass is 282 g/mol. The Morgan fingerprint density at radius 1 is 1.38 bits per heavy atom. The van der Waals surface area contributed by atoms with E-state index in [1.807, 2.05) is 0 Å². The van der Waals surface area contributed by atoms with Crippen LogP contribution in [0.4, 0.5) is 0 Å². The molecule has 1 saturated heterocycles. The zero-order valence-electron chi connectivity index (χ0n) is 9.75. The van der Waals surface area contributed by atoms with Crippen molar-refractivity contribution in [2.45, 2.75) is 19.4 Å². The zero-order chi connectivity index (χ0) is 11.4. The van der Waals surface area contributed by atoms with Crippen molar-refractivity contribution in [3.05, 3.63) is 34.3 Å². The second-order valence-electron chi connectivity index (χ2n) is 4.27. The Hall–Kier alpha value is -0.380. The van der Waals surface area contributed by atoms with Crippen LogP contribution in [0.25, 0.3) is 0 Å². The third-order valence-electron chi connectivity index (χ3n) is 3.21. The summed E-state index contributed by atoms with van der Waals surface area (Å²) in [5.74, 6) is 0. The lowest BCUT2D eigenvalue weighted by Crippen LogP contribution is -2.45. The molecule has 1 heterocycles. The van der Waals surface area contributed by atoms with Crippen molar-refractivity contribution in [1.82, 2.24) is 10.2 Å². The van der Waals surface area contributed by atoms with Crippen LogP contribution in [-0.4, -0.2) is 31.1 Å². The summed E-state index contributed by atoms with van der Waals surface area (Å²) in [7, 11) is 0. The molecule has 2 rings (SSSR count). The molecule has 0 amide bonds. The normalized spacial score (nSPS) is 19.6. The molecule has 1 aromatic carbocycles. The van der Waals surface area contributed by atoms with Crippen LogP contribution in [0.5, 0.6) is 0 Å². The van der Waals surface area contributed by atoms with Crippen LogP contribution in [0, 0.1) is 0 Å². The third kappa shape index (κ3) is 2.84. The molecular formula is C13H19BrN2. The fourth-order valence-electron chi connectivity index (χ4n) is 2.41. The van der Waals surface area contributed by atoms with Gasteiger partial charge in [-0.2, -0.15) is 0 Å². The number of nitrogens with zero attached hydrogens (tertiary/aromatic N) is 1. The van der Waals surface area contributed by atoms with Crippen LogP contribution in [-0.2, 0) is 0 Å². The molecule has 0 saturated carbocycles. The highest BCUT2D eigenvalue weighted by atomic mass is 79.9. The maximum atomic E-state index is 3.55. The van der Waals surface area contributed by atoms with Crippen LogP contribution >= 0.6 is 15.9 Å². The highest BCUT2D eigenvalue weighted by Crippen LogP contribution is 2.26. The predicted molar refractivity (Wildman–Crippen MR) is 71.6 cm³/mol. The number of hydrogen-bond donors (Lipinski definition) is 1. The van der Waals surface area contributed by atoms with Crippen LogP contribution in [0.15, 0.2) is 28.7 Å². The molecule has 1 fully saturated rings. The Morgan fingerprint density at radius 3 is 2.75 bits per heavy atom. The molecule has 1 aliphatic heterocycles. The van der Waals surface area contributed by atoms with Gasteiger partial charge in [0.15, 0.2) is 0 Å². The molecule has 3 heteroatoms. The molecule has 0 aliphatic carbocycles. The molecule has 16 heavy (non-hydrogen) atoms. The number of halogens is 1. The van der Waals surface area contributed by atoms with Gasteiger partial charge in [0.2, 0.25) is 0 Å². The topological polar surface area (TPSA) is 15.3 Å². The molecule has 1 atom stereocenters. The average Bonchev–Trinajstić information content (AvgIpc) is 2.31. The SMILES string of the molecule is CCC(c1cccc(Br)c1)N1CCNCC1. The van der Waals surface area contributed by atoms with Crippen LogP contribution < -0.4 is 5.32 Å². The van der Waals surface area contributed by atoms with Crippen molar-refractivity contribution in [2.75, 3.05) is 26.2 Å². The van der Waals surface area contributed by atoms with E-state index in [4.69, 9.17) is 0 Å². The van der Waals surface area contributed by atoms with Gasteiger partial charge in [-0.15, -0.1) is 0 Å². The van der Waals surface area contributed by atoms with Gasteiger partial charge in [0.05, 0.1) is 0 Å². The second kappa shape index (κ2) is 5.80. The van der Waals surface area contributed by atoms with Gasteiger partial charge >= 0.3 is 0 Å². The van der Waals surface area contributed by atoms with Crippen LogP contribution in [0.1, 0.15) is 24.9 Å². The average molecular weight is 283 g/mol. The zero-order valence-corrected chi connectivity index (χ0v) is 11.3. The number of benzene rings is 1. The molecular weight excluding hydrogens is 264 g/mol. The van der Waals surface area contributed by atoms with Gasteiger partial charge in [-0.05, 0) is 24.1 Å². The number of rotatable bonds is 3. The van der Waals surface area contributed by atoms with Crippen molar-refractivity contribution < 1.29 is 0 Å². The Kier molecular flexibility index (Phi) is 4.38. The van der Waals surface area contributed by atoms with Gasteiger partial charge in [0, 0.05) is 36.7 Å². The van der Waals surface area contributed by atoms with E-state index >= 15 is 0 Å². The van der Waals surface area contributed by atoms with Crippen molar-refractivity contribution in [2.24, 2.45) is 0 Å². The Balaban J connectivity index is 2.14. The van der Waals surface area contributed by atoms with Gasteiger partial charge in [-0.25, -0.2) is 0 Å². The number of hydrogen-bond acceptors (Lipinski definition) is 2. The van der Waals surface area contributed by atoms with Gasteiger partial charge in [0.25, 0.3) is 0 Å². The van der Waals surface area contributed by atoms with Gasteiger partial charge in [-0.3, -0.25) is 4.90 Å². The molecule has 1 unspecified atom stereocenters. The van der Waals surface area contributed by atoms with E-state index in [1.54, 1.807) is 0 Å². The van der Waals surface area contributed by atoms with E-state index in [2.05, 4.69) is 57.3 Å². The summed E-state index contributed by atoms with van der Waals surface area (Å²) in [6, 6.07) is 9.27. The van der Waals surface area contributed by atoms with Crippen molar-refractivity contribution in [3.63, 3.8) is 0 Å². The summed E-state index contributed by atoms with van der Waals surface area (Å²) in [4.78, 5) is 2.58. The quantitative estimate of drug-likeness (QED) is 0.917. The number of nitrogens with one attached hydrogen (secondary N) is 1. The summed E-state index contributed by atoms with van der Waals surface area (Å²) < 4.78 is 1.18. The van der Waals surface area contributed by atoms with E-state index in [1.165, 1.54) is 16.5 Å². The van der Waals surface area contributed by atoms with Crippen LogP contribution in [0.2, 0.25) is 0 Å². The summed E-state index contributed by atoms with van der Waals surface area (Å²) in [5.41, 5.74) is 1.43. The molecule has 88 valence electrons. The maximum absolute atomic E-state index is 3.55. The largest absolute Gasteiger partial charge is 0.314 e. The lowest BCUT2D eigenvalue weighted by atomic mass is 10.0. The van der Waals surface area contributed by atoms with Crippen molar-refractivity contribution in [1.29, 1.82) is 0 Å². The molecule has 2 nitrogen and oxygen atoms in total. The van der Waals surface area contributed by atoms with Gasteiger partial charge in [-0.1, -0.05) is 35.0 Å². The summed E-state index contributed by atoms with van der Waals surface area (Å²) in [6.07, 6.45) is 1.18. The molecule has 0 aromatic heterocycles. The van der Waals surface area contributed by atoms with Gasteiger partial charge in [0.1, 0.15) is 0 Å². The lowest BCUT2D eigenvalue weighted by molar-refractivity contribution is 0.169. The molecule has 0 radical (unpaired) electrons.